The van der Waals surface area contributed by atoms with E-state index in [1.165, 1.54) is 44.1 Å². The van der Waals surface area contributed by atoms with E-state index in [9.17, 15) is 0 Å². The van der Waals surface area contributed by atoms with Crippen molar-refractivity contribution in [1.29, 1.82) is 0 Å². The Morgan fingerprint density at radius 3 is 2.47 bits per heavy atom. The van der Waals surface area contributed by atoms with Crippen molar-refractivity contribution in [3.8, 4) is 0 Å². The highest BCUT2D eigenvalue weighted by Crippen LogP contribution is 2.14. The molecule has 0 aliphatic rings. The van der Waals surface area contributed by atoms with Gasteiger partial charge in [0.25, 0.3) is 0 Å². The van der Waals surface area contributed by atoms with Crippen LogP contribution in [0.4, 0.5) is 0 Å². The summed E-state index contributed by atoms with van der Waals surface area (Å²) in [5, 5.41) is 0.884. The zero-order chi connectivity index (χ0) is 12.5. The topological polar surface area (TPSA) is 25.8 Å². The summed E-state index contributed by atoms with van der Waals surface area (Å²) in [6.07, 6.45) is 13.2. The second-order valence-electron chi connectivity index (χ2n) is 4.49. The highest BCUT2D eigenvalue weighted by atomic mass is 32.2. The third-order valence-corrected chi connectivity index (χ3v) is 3.60. The highest BCUT2D eigenvalue weighted by Gasteiger charge is 2.02. The van der Waals surface area contributed by atoms with E-state index in [0.29, 0.717) is 0 Å². The Morgan fingerprint density at radius 2 is 1.82 bits per heavy atom. The number of aryl methyl sites for hydroxylation is 2. The minimum Gasteiger partial charge on any atom is -0.231 e. The number of hydrogen-bond donors (Lipinski definition) is 0. The lowest BCUT2D eigenvalue weighted by Crippen LogP contribution is -1.97. The van der Waals surface area contributed by atoms with E-state index in [0.717, 1.165) is 17.3 Å². The van der Waals surface area contributed by atoms with Crippen LogP contribution in [0, 0.1) is 6.92 Å². The molecule has 0 bridgehead atoms. The fourth-order valence-corrected chi connectivity index (χ4v) is 2.30. The van der Waals surface area contributed by atoms with Crippen molar-refractivity contribution in [3.63, 3.8) is 0 Å². The number of rotatable bonds is 8. The van der Waals surface area contributed by atoms with Crippen molar-refractivity contribution < 1.29 is 0 Å². The lowest BCUT2D eigenvalue weighted by molar-refractivity contribution is 0.605. The van der Waals surface area contributed by atoms with Gasteiger partial charge in [-0.3, -0.25) is 0 Å². The molecule has 0 radical (unpaired) electrons. The second-order valence-corrected chi connectivity index (χ2v) is 5.26. The van der Waals surface area contributed by atoms with Crippen LogP contribution < -0.4 is 0 Å². The molecule has 0 atom stereocenters. The Hall–Kier alpha value is -0.570. The van der Waals surface area contributed by atoms with Gasteiger partial charge < -0.3 is 0 Å². The van der Waals surface area contributed by atoms with Crippen molar-refractivity contribution >= 4 is 11.8 Å². The largest absolute Gasteiger partial charge is 0.231 e. The molecule has 17 heavy (non-hydrogen) atoms. The molecule has 1 heterocycles. The monoisotopic (exact) mass is 252 g/mol. The Bertz CT molecular complexity index is 326. The fourth-order valence-electron chi connectivity index (χ4n) is 1.91. The summed E-state index contributed by atoms with van der Waals surface area (Å²) in [6, 6.07) is 0. The van der Waals surface area contributed by atoms with Crippen molar-refractivity contribution in [2.75, 3.05) is 6.26 Å². The van der Waals surface area contributed by atoms with Gasteiger partial charge >= 0.3 is 0 Å². The zero-order valence-electron chi connectivity index (χ0n) is 11.3. The first-order valence-electron chi connectivity index (χ1n) is 6.64. The third-order valence-electron chi connectivity index (χ3n) is 3.04. The third kappa shape index (κ3) is 5.53. The summed E-state index contributed by atoms with van der Waals surface area (Å²) in [5.41, 5.74) is 2.47. The van der Waals surface area contributed by atoms with Crippen LogP contribution in [0.15, 0.2) is 11.4 Å². The van der Waals surface area contributed by atoms with Crippen LogP contribution >= 0.6 is 11.8 Å². The summed E-state index contributed by atoms with van der Waals surface area (Å²) in [4.78, 5) is 8.81. The number of aromatic nitrogens is 2. The predicted octanol–water partition coefficient (Wildman–Crippen LogP) is 4.41. The number of thioether (sulfide) groups is 1. The first-order chi connectivity index (χ1) is 8.27. The van der Waals surface area contributed by atoms with E-state index in [1.807, 2.05) is 12.5 Å². The Labute approximate surface area is 110 Å². The van der Waals surface area contributed by atoms with Gasteiger partial charge in [-0.25, -0.2) is 9.97 Å². The van der Waals surface area contributed by atoms with Gasteiger partial charge in [-0.1, -0.05) is 50.8 Å². The zero-order valence-corrected chi connectivity index (χ0v) is 12.1. The van der Waals surface area contributed by atoms with Crippen molar-refractivity contribution in [2.45, 2.75) is 63.9 Å². The van der Waals surface area contributed by atoms with Crippen LogP contribution in [0.5, 0.6) is 0 Å². The average Bonchev–Trinajstić information content (AvgIpc) is 2.35. The molecule has 0 aliphatic heterocycles. The summed E-state index contributed by atoms with van der Waals surface area (Å²) in [7, 11) is 0. The van der Waals surface area contributed by atoms with E-state index >= 15 is 0 Å². The smallest absolute Gasteiger partial charge is 0.187 e. The van der Waals surface area contributed by atoms with Crippen LogP contribution in [0.2, 0.25) is 0 Å². The molecule has 0 aliphatic carbocycles. The van der Waals surface area contributed by atoms with E-state index in [1.54, 1.807) is 11.8 Å². The van der Waals surface area contributed by atoms with Gasteiger partial charge in [0, 0.05) is 11.9 Å². The van der Waals surface area contributed by atoms with Crippen LogP contribution in [-0.4, -0.2) is 16.2 Å². The quantitative estimate of drug-likeness (QED) is 0.389. The van der Waals surface area contributed by atoms with E-state index < -0.39 is 0 Å². The Morgan fingerprint density at radius 1 is 1.12 bits per heavy atom. The van der Waals surface area contributed by atoms with Crippen LogP contribution in [0.3, 0.4) is 0 Å². The van der Waals surface area contributed by atoms with E-state index in [-0.39, 0.29) is 0 Å². The highest BCUT2D eigenvalue weighted by molar-refractivity contribution is 7.98. The van der Waals surface area contributed by atoms with Crippen LogP contribution in [0.1, 0.15) is 56.7 Å². The maximum Gasteiger partial charge on any atom is 0.187 e. The van der Waals surface area contributed by atoms with Gasteiger partial charge in [0.2, 0.25) is 0 Å². The molecule has 96 valence electrons. The average molecular weight is 252 g/mol. The van der Waals surface area contributed by atoms with E-state index in [2.05, 4.69) is 23.8 Å². The van der Waals surface area contributed by atoms with Gasteiger partial charge in [-0.2, -0.15) is 0 Å². The van der Waals surface area contributed by atoms with Crippen molar-refractivity contribution in [2.24, 2.45) is 0 Å². The first-order valence-corrected chi connectivity index (χ1v) is 7.87. The SMILES string of the molecule is CCCCCCCCc1cnc(SC)nc1C. The van der Waals surface area contributed by atoms with Gasteiger partial charge in [-0.05, 0) is 31.6 Å². The molecule has 0 amide bonds. The molecule has 3 heteroatoms. The molecular weight excluding hydrogens is 228 g/mol. The standard InChI is InChI=1S/C14H24N2S/c1-4-5-6-7-8-9-10-13-11-15-14(17-3)16-12(13)2/h11H,4-10H2,1-3H3. The maximum atomic E-state index is 4.47. The molecule has 0 aromatic carbocycles. The summed E-state index contributed by atoms with van der Waals surface area (Å²) in [6.45, 7) is 4.35. The summed E-state index contributed by atoms with van der Waals surface area (Å²) < 4.78 is 0. The molecule has 0 N–H and O–H groups in total. The van der Waals surface area contributed by atoms with Crippen molar-refractivity contribution in [3.05, 3.63) is 17.5 Å². The normalized spacial score (nSPS) is 10.8. The molecule has 1 aromatic rings. The van der Waals surface area contributed by atoms with Crippen LogP contribution in [0.25, 0.3) is 0 Å². The number of hydrogen-bond acceptors (Lipinski definition) is 3. The summed E-state index contributed by atoms with van der Waals surface area (Å²) >= 11 is 1.61. The molecule has 0 unspecified atom stereocenters. The number of nitrogens with zero attached hydrogens (tertiary/aromatic N) is 2. The minimum atomic E-state index is 0.884. The van der Waals surface area contributed by atoms with Gasteiger partial charge in [0.05, 0.1) is 0 Å². The lowest BCUT2D eigenvalue weighted by atomic mass is 10.1. The van der Waals surface area contributed by atoms with Gasteiger partial charge in [0.1, 0.15) is 0 Å². The minimum absolute atomic E-state index is 0.884. The maximum absolute atomic E-state index is 4.47. The first kappa shape index (κ1) is 14.5. The summed E-state index contributed by atoms with van der Waals surface area (Å²) in [5.74, 6) is 0. The lowest BCUT2D eigenvalue weighted by Gasteiger charge is -2.05. The van der Waals surface area contributed by atoms with Crippen molar-refractivity contribution in [1.82, 2.24) is 9.97 Å². The number of unbranched alkanes of at least 4 members (excludes halogenated alkanes) is 5. The molecule has 0 spiro atoms. The van der Waals surface area contributed by atoms with Gasteiger partial charge in [-0.15, -0.1) is 0 Å². The second kappa shape index (κ2) is 8.51. The fraction of sp³-hybridized carbons (Fsp3) is 0.714. The molecule has 0 saturated heterocycles. The molecule has 0 saturated carbocycles. The molecule has 1 rings (SSSR count). The molecular formula is C14H24N2S. The Kier molecular flexibility index (Phi) is 7.25. The molecule has 2 nitrogen and oxygen atoms in total. The van der Waals surface area contributed by atoms with Gasteiger partial charge in [0.15, 0.2) is 5.16 Å². The molecule has 1 aromatic heterocycles. The predicted molar refractivity (Wildman–Crippen MR) is 75.6 cm³/mol. The van der Waals surface area contributed by atoms with E-state index in [4.69, 9.17) is 0 Å². The Balaban J connectivity index is 2.27. The molecule has 0 fully saturated rings. The van der Waals surface area contributed by atoms with Crippen LogP contribution in [-0.2, 0) is 6.42 Å².